The van der Waals surface area contributed by atoms with Crippen molar-refractivity contribution in [1.29, 1.82) is 0 Å². The lowest BCUT2D eigenvalue weighted by atomic mass is 10.2. The van der Waals surface area contributed by atoms with E-state index in [-0.39, 0.29) is 18.0 Å². The summed E-state index contributed by atoms with van der Waals surface area (Å²) < 4.78 is 0. The lowest BCUT2D eigenvalue weighted by Gasteiger charge is -1.98. The molecule has 1 aromatic rings. The molecule has 0 aliphatic rings. The van der Waals surface area contributed by atoms with Gasteiger partial charge in [-0.05, 0) is 18.2 Å². The number of nitrogens with zero attached hydrogens (tertiary/aromatic N) is 1. The van der Waals surface area contributed by atoms with E-state index in [1.807, 2.05) is 0 Å². The molecule has 0 aliphatic heterocycles. The minimum atomic E-state index is -0.125. The third-order valence-electron chi connectivity index (χ3n) is 1.30. The van der Waals surface area contributed by atoms with Crippen LogP contribution in [0.25, 0.3) is 0 Å². The summed E-state index contributed by atoms with van der Waals surface area (Å²) in [6, 6.07) is 3.95. The van der Waals surface area contributed by atoms with Gasteiger partial charge in [-0.15, -0.1) is 0 Å². The lowest BCUT2D eigenvalue weighted by molar-refractivity contribution is 0.454. The molecule has 0 bridgehead atoms. The van der Waals surface area contributed by atoms with Gasteiger partial charge in [0, 0.05) is 5.56 Å². The highest BCUT2D eigenvalue weighted by Crippen LogP contribution is 2.22. The third-order valence-corrected chi connectivity index (χ3v) is 1.30. The highest BCUT2D eigenvalue weighted by Gasteiger charge is 2.00. The fraction of sp³-hybridized carbons (Fsp3) is 0.143. The zero-order valence-electron chi connectivity index (χ0n) is 5.69. The Balaban J connectivity index is 3.01. The Morgan fingerprint density at radius 3 is 2.73 bits per heavy atom. The highest BCUT2D eigenvalue weighted by molar-refractivity contribution is 5.38. The fourth-order valence-corrected chi connectivity index (χ4v) is 0.768. The standard InChI is InChI=1S/C7H7NO3/c9-6-1-2-7(10)5(3-6)4-8-11/h1-3,9-10H,4H2. The van der Waals surface area contributed by atoms with E-state index in [4.69, 9.17) is 10.2 Å². The summed E-state index contributed by atoms with van der Waals surface area (Å²) in [7, 11) is 0. The van der Waals surface area contributed by atoms with Gasteiger partial charge in [-0.25, -0.2) is 0 Å². The zero-order chi connectivity index (χ0) is 8.27. The Bertz CT molecular complexity index is 272. The summed E-state index contributed by atoms with van der Waals surface area (Å²) in [5, 5.41) is 20.6. The molecule has 1 rings (SSSR count). The molecule has 0 aliphatic carbocycles. The minimum absolute atomic E-state index is 0.0152. The molecule has 2 N–H and O–H groups in total. The predicted molar refractivity (Wildman–Crippen MR) is 39.3 cm³/mol. The Morgan fingerprint density at radius 2 is 2.09 bits per heavy atom. The van der Waals surface area contributed by atoms with Crippen LogP contribution in [0.15, 0.2) is 23.4 Å². The van der Waals surface area contributed by atoms with Crippen LogP contribution in [0.1, 0.15) is 5.56 Å². The first-order chi connectivity index (χ1) is 5.24. The number of phenolic OH excluding ortho intramolecular Hbond substituents is 2. The Labute approximate surface area is 63.1 Å². The maximum atomic E-state index is 9.80. The van der Waals surface area contributed by atoms with Crippen LogP contribution in [-0.2, 0) is 6.54 Å². The van der Waals surface area contributed by atoms with Crippen LogP contribution in [0, 0.1) is 4.91 Å². The number of rotatable bonds is 2. The number of nitroso groups, excluding NO2 is 1. The molecule has 58 valence electrons. The number of phenols is 2. The molecular formula is C7H7NO3. The molecule has 0 saturated carbocycles. The van der Waals surface area contributed by atoms with Gasteiger partial charge in [-0.3, -0.25) is 0 Å². The van der Waals surface area contributed by atoms with Crippen LogP contribution in [-0.4, -0.2) is 10.2 Å². The first kappa shape index (κ1) is 7.53. The molecule has 1 aromatic carbocycles. The van der Waals surface area contributed by atoms with Crippen molar-refractivity contribution >= 4 is 0 Å². The van der Waals surface area contributed by atoms with Crippen molar-refractivity contribution in [3.8, 4) is 11.5 Å². The topological polar surface area (TPSA) is 69.9 Å². The molecule has 0 spiro atoms. The highest BCUT2D eigenvalue weighted by atomic mass is 16.3. The third kappa shape index (κ3) is 1.67. The average Bonchev–Trinajstić information content (AvgIpc) is 1.98. The minimum Gasteiger partial charge on any atom is -0.508 e. The maximum absolute atomic E-state index is 9.80. The molecule has 0 heterocycles. The van der Waals surface area contributed by atoms with Crippen molar-refractivity contribution in [2.24, 2.45) is 5.18 Å². The van der Waals surface area contributed by atoms with E-state index in [0.29, 0.717) is 5.56 Å². The summed E-state index contributed by atoms with van der Waals surface area (Å²) in [4.78, 5) is 9.80. The van der Waals surface area contributed by atoms with Gasteiger partial charge in [0.05, 0.1) is 0 Å². The predicted octanol–water partition coefficient (Wildman–Crippen LogP) is 1.36. The average molecular weight is 153 g/mol. The molecule has 0 amide bonds. The smallest absolute Gasteiger partial charge is 0.121 e. The van der Waals surface area contributed by atoms with Crippen LogP contribution in [0.3, 0.4) is 0 Å². The monoisotopic (exact) mass is 153 g/mol. The van der Waals surface area contributed by atoms with Crippen LogP contribution in [0.2, 0.25) is 0 Å². The molecule has 0 aromatic heterocycles. The number of aromatic hydroxyl groups is 2. The number of hydrogen-bond acceptors (Lipinski definition) is 4. The maximum Gasteiger partial charge on any atom is 0.121 e. The van der Waals surface area contributed by atoms with Crippen molar-refractivity contribution in [2.75, 3.05) is 0 Å². The van der Waals surface area contributed by atoms with Gasteiger partial charge in [0.25, 0.3) is 0 Å². The molecule has 4 nitrogen and oxygen atoms in total. The van der Waals surface area contributed by atoms with Crippen molar-refractivity contribution in [2.45, 2.75) is 6.54 Å². The summed E-state index contributed by atoms with van der Waals surface area (Å²) in [5.41, 5.74) is 0.333. The van der Waals surface area contributed by atoms with Crippen LogP contribution >= 0.6 is 0 Å². The van der Waals surface area contributed by atoms with Gasteiger partial charge >= 0.3 is 0 Å². The molecule has 0 atom stereocenters. The van der Waals surface area contributed by atoms with E-state index in [1.54, 1.807) is 0 Å². The van der Waals surface area contributed by atoms with Gasteiger partial charge < -0.3 is 10.2 Å². The first-order valence-electron chi connectivity index (χ1n) is 3.04. The molecule has 4 heteroatoms. The molecule has 11 heavy (non-hydrogen) atoms. The number of hydrogen-bond donors (Lipinski definition) is 2. The molecule has 0 radical (unpaired) electrons. The largest absolute Gasteiger partial charge is 0.508 e. The van der Waals surface area contributed by atoms with Crippen molar-refractivity contribution < 1.29 is 10.2 Å². The normalized spacial score (nSPS) is 9.45. The van der Waals surface area contributed by atoms with E-state index >= 15 is 0 Å². The van der Waals surface area contributed by atoms with Crippen molar-refractivity contribution in [1.82, 2.24) is 0 Å². The fourth-order valence-electron chi connectivity index (χ4n) is 0.768. The van der Waals surface area contributed by atoms with E-state index in [2.05, 4.69) is 5.18 Å². The second-order valence-corrected chi connectivity index (χ2v) is 2.10. The van der Waals surface area contributed by atoms with E-state index in [0.717, 1.165) is 0 Å². The first-order valence-corrected chi connectivity index (χ1v) is 3.04. The Morgan fingerprint density at radius 1 is 1.36 bits per heavy atom. The zero-order valence-corrected chi connectivity index (χ0v) is 5.69. The van der Waals surface area contributed by atoms with Crippen LogP contribution in [0.4, 0.5) is 0 Å². The molecular weight excluding hydrogens is 146 g/mol. The molecule has 0 saturated heterocycles. The van der Waals surface area contributed by atoms with Crippen LogP contribution in [0.5, 0.6) is 11.5 Å². The summed E-state index contributed by atoms with van der Waals surface area (Å²) in [6.45, 7) is -0.125. The van der Waals surface area contributed by atoms with Gasteiger partial charge in [0.1, 0.15) is 18.0 Å². The van der Waals surface area contributed by atoms with E-state index in [9.17, 15) is 4.91 Å². The van der Waals surface area contributed by atoms with Gasteiger partial charge in [-0.2, -0.15) is 4.91 Å². The van der Waals surface area contributed by atoms with Crippen LogP contribution < -0.4 is 0 Å². The van der Waals surface area contributed by atoms with Gasteiger partial charge in [-0.1, -0.05) is 5.18 Å². The SMILES string of the molecule is O=NCc1cc(O)ccc1O. The summed E-state index contributed by atoms with van der Waals surface area (Å²) in [6.07, 6.45) is 0. The summed E-state index contributed by atoms with van der Waals surface area (Å²) in [5.74, 6) is -0.0103. The molecule has 0 unspecified atom stereocenters. The van der Waals surface area contributed by atoms with Crippen molar-refractivity contribution in [3.63, 3.8) is 0 Å². The Hall–Kier alpha value is -1.58. The van der Waals surface area contributed by atoms with Crippen molar-refractivity contribution in [3.05, 3.63) is 28.7 Å². The quantitative estimate of drug-likeness (QED) is 0.497. The Kier molecular flexibility index (Phi) is 2.06. The second kappa shape index (κ2) is 3.01. The second-order valence-electron chi connectivity index (χ2n) is 2.10. The van der Waals surface area contributed by atoms with E-state index < -0.39 is 0 Å². The van der Waals surface area contributed by atoms with Gasteiger partial charge in [0.15, 0.2) is 0 Å². The summed E-state index contributed by atoms with van der Waals surface area (Å²) >= 11 is 0. The molecule has 0 fully saturated rings. The number of benzene rings is 1. The lowest BCUT2D eigenvalue weighted by Crippen LogP contribution is -1.80. The van der Waals surface area contributed by atoms with Gasteiger partial charge in [0.2, 0.25) is 0 Å². The van der Waals surface area contributed by atoms with E-state index in [1.165, 1.54) is 18.2 Å².